The van der Waals surface area contributed by atoms with Gasteiger partial charge in [0.05, 0.1) is 19.1 Å². The van der Waals surface area contributed by atoms with Crippen molar-refractivity contribution in [1.29, 1.82) is 0 Å². The lowest BCUT2D eigenvalue weighted by Crippen LogP contribution is -2.34. The Morgan fingerprint density at radius 3 is 2.79 bits per heavy atom. The van der Waals surface area contributed by atoms with Gasteiger partial charge in [-0.15, -0.1) is 0 Å². The normalized spacial score (nSPS) is 13.9. The van der Waals surface area contributed by atoms with Crippen molar-refractivity contribution in [1.82, 2.24) is 0 Å². The molecular weight excluding hydrogens is 328 g/mol. The van der Waals surface area contributed by atoms with Crippen LogP contribution >= 0.6 is 27.7 Å². The molecule has 0 radical (unpaired) electrons. The maximum Gasteiger partial charge on any atom is 0.316 e. The SMILES string of the molecule is COC(=O)C(C)(CCSCCO)c1cccc(Br)c1. The number of aliphatic hydroxyl groups is 1. The first-order valence-electron chi connectivity index (χ1n) is 6.07. The molecule has 106 valence electrons. The van der Waals surface area contributed by atoms with Gasteiger partial charge in [-0.2, -0.15) is 11.8 Å². The molecule has 0 aliphatic rings. The maximum atomic E-state index is 12.1. The van der Waals surface area contributed by atoms with Crippen molar-refractivity contribution < 1.29 is 14.6 Å². The van der Waals surface area contributed by atoms with Crippen LogP contribution in [0.1, 0.15) is 18.9 Å². The second-order valence-electron chi connectivity index (χ2n) is 4.42. The maximum absolute atomic E-state index is 12.1. The van der Waals surface area contributed by atoms with Crippen LogP contribution in [0.4, 0.5) is 0 Å². The van der Waals surface area contributed by atoms with E-state index in [0.717, 1.165) is 15.8 Å². The van der Waals surface area contributed by atoms with Crippen LogP contribution < -0.4 is 0 Å². The standard InChI is InChI=1S/C14H19BrO3S/c1-14(13(17)18-2,6-8-19-9-7-16)11-4-3-5-12(15)10-11/h3-5,10,16H,6-9H2,1-2H3. The topological polar surface area (TPSA) is 46.5 Å². The van der Waals surface area contributed by atoms with Crippen molar-refractivity contribution in [2.75, 3.05) is 25.2 Å². The van der Waals surface area contributed by atoms with Crippen LogP contribution in [0.3, 0.4) is 0 Å². The number of hydrogen-bond donors (Lipinski definition) is 1. The third-order valence-corrected chi connectivity index (χ3v) is 4.54. The molecule has 0 aromatic heterocycles. The Hall–Kier alpha value is -0.520. The molecule has 0 fully saturated rings. The molecule has 0 saturated carbocycles. The number of carbonyl (C=O) groups excluding carboxylic acids is 1. The molecule has 1 atom stereocenters. The molecule has 0 saturated heterocycles. The molecule has 0 aliphatic heterocycles. The molecule has 1 N–H and O–H groups in total. The van der Waals surface area contributed by atoms with Crippen molar-refractivity contribution in [3.8, 4) is 0 Å². The van der Waals surface area contributed by atoms with Gasteiger partial charge in [-0.05, 0) is 36.8 Å². The van der Waals surface area contributed by atoms with E-state index in [1.54, 1.807) is 11.8 Å². The second kappa shape index (κ2) is 7.92. The molecule has 0 spiro atoms. The summed E-state index contributed by atoms with van der Waals surface area (Å²) in [5.41, 5.74) is 0.291. The lowest BCUT2D eigenvalue weighted by atomic mass is 9.80. The zero-order chi connectivity index (χ0) is 14.3. The van der Waals surface area contributed by atoms with Gasteiger partial charge in [0.2, 0.25) is 0 Å². The van der Waals surface area contributed by atoms with Gasteiger partial charge in [-0.3, -0.25) is 4.79 Å². The second-order valence-corrected chi connectivity index (χ2v) is 6.56. The van der Waals surface area contributed by atoms with Gasteiger partial charge in [-0.25, -0.2) is 0 Å². The quantitative estimate of drug-likeness (QED) is 0.608. The van der Waals surface area contributed by atoms with E-state index in [0.29, 0.717) is 12.2 Å². The number of carbonyl (C=O) groups is 1. The number of hydrogen-bond acceptors (Lipinski definition) is 4. The predicted octanol–water partition coefficient (Wildman–Crippen LogP) is 3.00. The van der Waals surface area contributed by atoms with Crippen LogP contribution in [0, 0.1) is 0 Å². The third-order valence-electron chi connectivity index (χ3n) is 3.08. The van der Waals surface area contributed by atoms with Crippen molar-refractivity contribution >= 4 is 33.7 Å². The molecule has 1 aromatic carbocycles. The van der Waals surface area contributed by atoms with Gasteiger partial charge < -0.3 is 9.84 Å². The van der Waals surface area contributed by atoms with Gasteiger partial charge in [-0.1, -0.05) is 28.1 Å². The smallest absolute Gasteiger partial charge is 0.316 e. The zero-order valence-electron chi connectivity index (χ0n) is 11.2. The van der Waals surface area contributed by atoms with Crippen LogP contribution in [0.5, 0.6) is 0 Å². The van der Waals surface area contributed by atoms with Crippen molar-refractivity contribution in [3.05, 3.63) is 34.3 Å². The van der Waals surface area contributed by atoms with Crippen LogP contribution in [0.15, 0.2) is 28.7 Å². The predicted molar refractivity (Wildman–Crippen MR) is 82.5 cm³/mol. The molecule has 3 nitrogen and oxygen atoms in total. The summed E-state index contributed by atoms with van der Waals surface area (Å²) in [7, 11) is 1.42. The minimum atomic E-state index is -0.652. The summed E-state index contributed by atoms with van der Waals surface area (Å²) < 4.78 is 5.90. The lowest BCUT2D eigenvalue weighted by Gasteiger charge is -2.27. The van der Waals surface area contributed by atoms with E-state index in [1.165, 1.54) is 7.11 Å². The van der Waals surface area contributed by atoms with Crippen molar-refractivity contribution in [2.45, 2.75) is 18.8 Å². The van der Waals surface area contributed by atoms with E-state index in [2.05, 4.69) is 15.9 Å². The molecule has 0 amide bonds. The number of esters is 1. The number of ether oxygens (including phenoxy) is 1. The summed E-state index contributed by atoms with van der Waals surface area (Å²) in [5.74, 6) is 1.27. The van der Waals surface area contributed by atoms with E-state index in [1.807, 2.05) is 31.2 Å². The van der Waals surface area contributed by atoms with Crippen molar-refractivity contribution in [3.63, 3.8) is 0 Å². The summed E-state index contributed by atoms with van der Waals surface area (Å²) in [6.45, 7) is 2.07. The molecule has 1 unspecified atom stereocenters. The molecule has 19 heavy (non-hydrogen) atoms. The van der Waals surface area contributed by atoms with Crippen LogP contribution in [0.2, 0.25) is 0 Å². The average molecular weight is 347 g/mol. The highest BCUT2D eigenvalue weighted by Gasteiger charge is 2.36. The van der Waals surface area contributed by atoms with Gasteiger partial charge in [0.1, 0.15) is 0 Å². The first kappa shape index (κ1) is 16.5. The molecule has 0 bridgehead atoms. The molecule has 1 aromatic rings. The number of halogens is 1. The third kappa shape index (κ3) is 4.51. The highest BCUT2D eigenvalue weighted by atomic mass is 79.9. The molecular formula is C14H19BrO3S. The fourth-order valence-corrected chi connectivity index (χ4v) is 3.15. The van der Waals surface area contributed by atoms with Gasteiger partial charge in [0.15, 0.2) is 0 Å². The largest absolute Gasteiger partial charge is 0.468 e. The molecule has 0 heterocycles. The van der Waals surface area contributed by atoms with Gasteiger partial charge in [0, 0.05) is 10.2 Å². The number of methoxy groups -OCH3 is 1. The Balaban J connectivity index is 2.89. The lowest BCUT2D eigenvalue weighted by molar-refractivity contribution is -0.147. The summed E-state index contributed by atoms with van der Waals surface area (Å²) >= 11 is 5.07. The first-order chi connectivity index (χ1) is 9.04. The zero-order valence-corrected chi connectivity index (χ0v) is 13.6. The first-order valence-corrected chi connectivity index (χ1v) is 8.02. The van der Waals surface area contributed by atoms with E-state index in [-0.39, 0.29) is 12.6 Å². The highest BCUT2D eigenvalue weighted by Crippen LogP contribution is 2.32. The van der Waals surface area contributed by atoms with E-state index >= 15 is 0 Å². The molecule has 1 rings (SSSR count). The summed E-state index contributed by atoms with van der Waals surface area (Å²) in [5, 5.41) is 8.79. The Labute approximate surface area is 126 Å². The van der Waals surface area contributed by atoms with E-state index in [4.69, 9.17) is 9.84 Å². The molecule has 5 heteroatoms. The molecule has 0 aliphatic carbocycles. The average Bonchev–Trinajstić information content (AvgIpc) is 2.42. The number of rotatable bonds is 7. The van der Waals surface area contributed by atoms with Crippen LogP contribution in [-0.2, 0) is 14.9 Å². The van der Waals surface area contributed by atoms with Crippen LogP contribution in [-0.4, -0.2) is 36.3 Å². The van der Waals surface area contributed by atoms with Gasteiger partial charge >= 0.3 is 5.97 Å². The summed E-state index contributed by atoms with van der Waals surface area (Å²) in [4.78, 5) is 12.1. The van der Waals surface area contributed by atoms with Crippen LogP contribution in [0.25, 0.3) is 0 Å². The Kier molecular flexibility index (Phi) is 6.89. The highest BCUT2D eigenvalue weighted by molar-refractivity contribution is 9.10. The van der Waals surface area contributed by atoms with Crippen molar-refractivity contribution in [2.24, 2.45) is 0 Å². The monoisotopic (exact) mass is 346 g/mol. The fourth-order valence-electron chi connectivity index (χ4n) is 1.86. The van der Waals surface area contributed by atoms with E-state index in [9.17, 15) is 4.79 Å². The minimum Gasteiger partial charge on any atom is -0.468 e. The Bertz CT molecular complexity index is 425. The number of aliphatic hydroxyl groups excluding tert-OH is 1. The number of benzene rings is 1. The Morgan fingerprint density at radius 2 is 2.21 bits per heavy atom. The summed E-state index contributed by atoms with van der Waals surface area (Å²) in [6, 6.07) is 7.75. The fraction of sp³-hybridized carbons (Fsp3) is 0.500. The van der Waals surface area contributed by atoms with E-state index < -0.39 is 5.41 Å². The Morgan fingerprint density at radius 1 is 1.47 bits per heavy atom. The number of thioether (sulfide) groups is 1. The minimum absolute atomic E-state index is 0.163. The summed E-state index contributed by atoms with van der Waals surface area (Å²) in [6.07, 6.45) is 0.681. The van der Waals surface area contributed by atoms with Gasteiger partial charge in [0.25, 0.3) is 0 Å².